The maximum absolute atomic E-state index is 13.6. The van der Waals surface area contributed by atoms with Crippen molar-refractivity contribution in [3.05, 3.63) is 79.9 Å². The quantitative estimate of drug-likeness (QED) is 0.803. The van der Waals surface area contributed by atoms with Gasteiger partial charge in [-0.05, 0) is 43.4 Å². The van der Waals surface area contributed by atoms with Crippen LogP contribution in [0.15, 0.2) is 59.1 Å². The van der Waals surface area contributed by atoms with Crippen LogP contribution >= 0.6 is 11.3 Å². The summed E-state index contributed by atoms with van der Waals surface area (Å²) in [5.41, 5.74) is 10.8. The predicted octanol–water partition coefficient (Wildman–Crippen LogP) is 4.34. The van der Waals surface area contributed by atoms with Gasteiger partial charge in [-0.3, -0.25) is 9.80 Å². The molecule has 30 heavy (non-hydrogen) atoms. The lowest BCUT2D eigenvalue weighted by Crippen LogP contribution is -2.46. The van der Waals surface area contributed by atoms with Gasteiger partial charge in [0.2, 0.25) is 0 Å². The van der Waals surface area contributed by atoms with Gasteiger partial charge in [0.15, 0.2) is 5.78 Å². The Morgan fingerprint density at radius 1 is 1.20 bits per heavy atom. The molecule has 2 aromatic rings. The molecular weight excluding hydrogens is 392 g/mol. The Morgan fingerprint density at radius 3 is 2.47 bits per heavy atom. The molecule has 1 aliphatic heterocycles. The summed E-state index contributed by atoms with van der Waals surface area (Å²) in [5, 5.41) is 13.8. The fourth-order valence-corrected chi connectivity index (χ4v) is 5.74. The molecule has 4 rings (SSSR count). The monoisotopic (exact) mass is 418 g/mol. The zero-order chi connectivity index (χ0) is 21.6. The summed E-state index contributed by atoms with van der Waals surface area (Å²) in [4.78, 5) is 15.9. The molecule has 0 amide bonds. The van der Waals surface area contributed by atoms with E-state index >= 15 is 0 Å². The second-order valence-electron chi connectivity index (χ2n) is 8.17. The Labute approximate surface area is 181 Å². The van der Waals surface area contributed by atoms with Crippen LogP contribution in [-0.2, 0) is 4.79 Å². The van der Waals surface area contributed by atoms with E-state index in [4.69, 9.17) is 5.73 Å². The molecule has 6 heteroatoms. The molecule has 0 spiro atoms. The summed E-state index contributed by atoms with van der Waals surface area (Å²) in [6, 6.07) is 14.6. The molecule has 0 fully saturated rings. The van der Waals surface area contributed by atoms with Gasteiger partial charge in [-0.15, -0.1) is 11.3 Å². The van der Waals surface area contributed by atoms with Gasteiger partial charge in [0, 0.05) is 41.5 Å². The average molecular weight is 419 g/mol. The number of nitrogens with zero attached hydrogens (tertiary/aromatic N) is 3. The van der Waals surface area contributed by atoms with E-state index in [-0.39, 0.29) is 11.7 Å². The molecule has 2 N–H and O–H groups in total. The summed E-state index contributed by atoms with van der Waals surface area (Å²) >= 11 is 1.69. The lowest BCUT2D eigenvalue weighted by Gasteiger charge is -2.43. The number of aryl methyl sites for hydroxylation is 2. The standard InChI is InChI=1S/C24H26N4OS/c1-14-10-18(15(2)30-14)22-19(13-25)24(26)28(27(3)4)20-11-17(12-21(29)23(20)22)16-8-6-5-7-9-16/h5-10,17,22H,11-12,26H2,1-4H3. The number of carbonyl (C=O) groups excluding carboxylic acids is 1. The van der Waals surface area contributed by atoms with Crippen LogP contribution in [0, 0.1) is 25.2 Å². The minimum absolute atomic E-state index is 0.0993. The van der Waals surface area contributed by atoms with Crippen LogP contribution in [0.1, 0.15) is 45.6 Å². The van der Waals surface area contributed by atoms with Crippen molar-refractivity contribution in [2.24, 2.45) is 5.73 Å². The Hall–Kier alpha value is -2.88. The molecular formula is C24H26N4OS. The maximum atomic E-state index is 13.6. The van der Waals surface area contributed by atoms with E-state index in [1.807, 2.05) is 42.3 Å². The molecule has 2 aliphatic rings. The lowest BCUT2D eigenvalue weighted by atomic mass is 9.72. The van der Waals surface area contributed by atoms with Crippen molar-refractivity contribution in [1.29, 1.82) is 5.26 Å². The second kappa shape index (κ2) is 7.75. The van der Waals surface area contributed by atoms with E-state index in [1.165, 1.54) is 4.88 Å². The number of nitrogens with two attached hydrogens (primary N) is 1. The molecule has 0 saturated carbocycles. The molecule has 5 nitrogen and oxygen atoms in total. The van der Waals surface area contributed by atoms with Gasteiger partial charge in [-0.25, -0.2) is 5.01 Å². The zero-order valence-corrected chi connectivity index (χ0v) is 18.6. The summed E-state index contributed by atoms with van der Waals surface area (Å²) in [5.74, 6) is 0.221. The van der Waals surface area contributed by atoms with Crippen molar-refractivity contribution >= 4 is 17.1 Å². The third kappa shape index (κ3) is 3.24. The van der Waals surface area contributed by atoms with Crippen LogP contribution in [-0.4, -0.2) is 29.9 Å². The maximum Gasteiger partial charge on any atom is 0.162 e. The van der Waals surface area contributed by atoms with Crippen molar-refractivity contribution < 1.29 is 4.79 Å². The van der Waals surface area contributed by atoms with Crippen molar-refractivity contribution in [3.8, 4) is 6.07 Å². The highest BCUT2D eigenvalue weighted by molar-refractivity contribution is 7.12. The van der Waals surface area contributed by atoms with Crippen LogP contribution < -0.4 is 5.73 Å². The molecule has 2 atom stereocenters. The first kappa shape index (κ1) is 20.4. The van der Waals surface area contributed by atoms with Crippen LogP contribution in [0.25, 0.3) is 0 Å². The number of ketones is 1. The molecule has 0 bridgehead atoms. The fourth-order valence-electron chi connectivity index (χ4n) is 4.78. The van der Waals surface area contributed by atoms with Crippen LogP contribution in [0.3, 0.4) is 0 Å². The van der Waals surface area contributed by atoms with E-state index in [2.05, 4.69) is 38.1 Å². The van der Waals surface area contributed by atoms with Crippen molar-refractivity contribution in [3.63, 3.8) is 0 Å². The highest BCUT2D eigenvalue weighted by Gasteiger charge is 2.43. The largest absolute Gasteiger partial charge is 0.383 e. The number of hydrogen-bond acceptors (Lipinski definition) is 6. The van der Waals surface area contributed by atoms with Gasteiger partial charge in [0.1, 0.15) is 5.82 Å². The summed E-state index contributed by atoms with van der Waals surface area (Å²) in [7, 11) is 3.78. The highest BCUT2D eigenvalue weighted by atomic mass is 32.1. The van der Waals surface area contributed by atoms with Crippen LogP contribution in [0.4, 0.5) is 0 Å². The second-order valence-corrected chi connectivity index (χ2v) is 9.63. The first-order valence-electron chi connectivity index (χ1n) is 10.1. The summed E-state index contributed by atoms with van der Waals surface area (Å²) in [6.45, 7) is 4.11. The van der Waals surface area contributed by atoms with Crippen LogP contribution in [0.5, 0.6) is 0 Å². The van der Waals surface area contributed by atoms with Crippen molar-refractivity contribution in [2.75, 3.05) is 14.1 Å². The van der Waals surface area contributed by atoms with E-state index < -0.39 is 5.92 Å². The SMILES string of the molecule is Cc1cc(C2C(C#N)=C(N)N(N(C)C)C3=C2C(=O)CC(c2ccccc2)C3)c(C)s1. The topological polar surface area (TPSA) is 73.4 Å². The van der Waals surface area contributed by atoms with E-state index in [9.17, 15) is 10.1 Å². The molecule has 0 radical (unpaired) electrons. The van der Waals surface area contributed by atoms with Crippen LogP contribution in [0.2, 0.25) is 0 Å². The zero-order valence-electron chi connectivity index (χ0n) is 17.8. The van der Waals surface area contributed by atoms with Gasteiger partial charge < -0.3 is 5.73 Å². The number of hydrogen-bond donors (Lipinski definition) is 1. The molecule has 1 aromatic carbocycles. The average Bonchev–Trinajstić information content (AvgIpc) is 3.04. The summed E-state index contributed by atoms with van der Waals surface area (Å²) in [6.07, 6.45) is 1.16. The number of allylic oxidation sites excluding steroid dienone is 3. The van der Waals surface area contributed by atoms with Gasteiger partial charge in [-0.2, -0.15) is 5.26 Å². The van der Waals surface area contributed by atoms with E-state index in [0.29, 0.717) is 24.2 Å². The molecule has 1 aromatic heterocycles. The molecule has 2 heterocycles. The number of hydrazine groups is 1. The fraction of sp³-hybridized carbons (Fsp3) is 0.333. The smallest absolute Gasteiger partial charge is 0.162 e. The third-order valence-electron chi connectivity index (χ3n) is 6.00. The first-order valence-corrected chi connectivity index (χ1v) is 10.9. The van der Waals surface area contributed by atoms with Gasteiger partial charge in [0.05, 0.1) is 17.6 Å². The molecule has 154 valence electrons. The third-order valence-corrected chi connectivity index (χ3v) is 6.98. The first-order chi connectivity index (χ1) is 14.3. The Morgan fingerprint density at radius 2 is 1.90 bits per heavy atom. The van der Waals surface area contributed by atoms with Gasteiger partial charge in [-0.1, -0.05) is 30.3 Å². The van der Waals surface area contributed by atoms with E-state index in [1.54, 1.807) is 11.3 Å². The Balaban J connectivity index is 1.91. The van der Waals surface area contributed by atoms with Gasteiger partial charge >= 0.3 is 0 Å². The van der Waals surface area contributed by atoms with Crippen molar-refractivity contribution in [2.45, 2.75) is 38.5 Å². The normalized spacial score (nSPS) is 21.9. The number of rotatable bonds is 3. The predicted molar refractivity (Wildman–Crippen MR) is 119 cm³/mol. The number of benzene rings is 1. The number of thiophene rings is 1. The molecule has 1 aliphatic carbocycles. The molecule has 0 saturated heterocycles. The van der Waals surface area contributed by atoms with E-state index in [0.717, 1.165) is 27.3 Å². The summed E-state index contributed by atoms with van der Waals surface area (Å²) < 4.78 is 0. The Kier molecular flexibility index (Phi) is 5.27. The number of carbonyl (C=O) groups is 1. The number of nitriles is 1. The number of Topliss-reactive ketones (excluding diaryl/α,β-unsaturated/α-hetero) is 1. The minimum Gasteiger partial charge on any atom is -0.383 e. The minimum atomic E-state index is -0.393. The Bertz CT molecular complexity index is 1100. The van der Waals surface area contributed by atoms with Crippen molar-refractivity contribution in [1.82, 2.24) is 10.0 Å². The lowest BCUT2D eigenvalue weighted by molar-refractivity contribution is -0.117. The van der Waals surface area contributed by atoms with Gasteiger partial charge in [0.25, 0.3) is 0 Å². The highest BCUT2D eigenvalue weighted by Crippen LogP contribution is 2.49. The molecule has 2 unspecified atom stereocenters.